The third-order valence-corrected chi connectivity index (χ3v) is 6.26. The highest BCUT2D eigenvalue weighted by Gasteiger charge is 2.53. The Morgan fingerprint density at radius 2 is 1.78 bits per heavy atom. The molecule has 0 radical (unpaired) electrons. The van der Waals surface area contributed by atoms with Crippen molar-refractivity contribution in [1.29, 1.82) is 0 Å². The first kappa shape index (κ1) is 16.4. The highest BCUT2D eigenvalue weighted by molar-refractivity contribution is 5.82. The van der Waals surface area contributed by atoms with Crippen molar-refractivity contribution in [2.75, 3.05) is 0 Å². The summed E-state index contributed by atoms with van der Waals surface area (Å²) in [5, 5.41) is 20.9. The zero-order valence-corrected chi connectivity index (χ0v) is 14.9. The molecule has 0 amide bonds. The maximum Gasteiger partial charge on any atom is 0.161 e. The van der Waals surface area contributed by atoms with Crippen LogP contribution in [0.4, 0.5) is 0 Å². The van der Waals surface area contributed by atoms with Crippen molar-refractivity contribution >= 4 is 5.78 Å². The number of Topliss-reactive ketones (excluding diaryl/α,β-unsaturated/α-hetero) is 1. The van der Waals surface area contributed by atoms with Gasteiger partial charge >= 0.3 is 0 Å². The van der Waals surface area contributed by atoms with E-state index in [2.05, 4.69) is 26.8 Å². The second kappa shape index (κ2) is 4.99. The van der Waals surface area contributed by atoms with E-state index >= 15 is 0 Å². The Morgan fingerprint density at radius 1 is 1.13 bits per heavy atom. The van der Waals surface area contributed by atoms with E-state index in [4.69, 9.17) is 0 Å². The van der Waals surface area contributed by atoms with E-state index in [0.29, 0.717) is 24.5 Å². The summed E-state index contributed by atoms with van der Waals surface area (Å²) in [4.78, 5) is 12.4. The number of hydrogen-bond acceptors (Lipinski definition) is 3. The fourth-order valence-electron chi connectivity index (χ4n) is 5.29. The predicted octanol–water partition coefficient (Wildman–Crippen LogP) is 4.43. The van der Waals surface area contributed by atoms with Crippen molar-refractivity contribution in [3.8, 4) is 11.5 Å². The highest BCUT2D eigenvalue weighted by atomic mass is 16.3. The fourth-order valence-corrected chi connectivity index (χ4v) is 5.29. The molecule has 2 N–H and O–H groups in total. The van der Waals surface area contributed by atoms with Crippen LogP contribution in [0.2, 0.25) is 0 Å². The minimum Gasteiger partial charge on any atom is -0.504 e. The summed E-state index contributed by atoms with van der Waals surface area (Å²) in [5.74, 6) is 0.899. The average molecular weight is 316 g/mol. The molecule has 2 atom stereocenters. The second-order valence-corrected chi connectivity index (χ2v) is 8.73. The molecule has 3 rings (SSSR count). The van der Waals surface area contributed by atoms with E-state index in [1.165, 1.54) is 0 Å². The molecule has 2 aliphatic rings. The largest absolute Gasteiger partial charge is 0.504 e. The quantitative estimate of drug-likeness (QED) is 0.754. The molecule has 2 aliphatic carbocycles. The molecule has 0 unspecified atom stereocenters. The van der Waals surface area contributed by atoms with Gasteiger partial charge in [-0.1, -0.05) is 40.7 Å². The van der Waals surface area contributed by atoms with Gasteiger partial charge in [0.15, 0.2) is 11.5 Å². The van der Waals surface area contributed by atoms with Crippen LogP contribution < -0.4 is 0 Å². The summed E-state index contributed by atoms with van der Waals surface area (Å²) in [6, 6.07) is 2.05. The van der Waals surface area contributed by atoms with Crippen LogP contribution in [-0.4, -0.2) is 16.0 Å². The van der Waals surface area contributed by atoms with Gasteiger partial charge in [-0.05, 0) is 35.7 Å². The number of rotatable bonds is 1. The van der Waals surface area contributed by atoms with Gasteiger partial charge in [0.2, 0.25) is 0 Å². The first-order chi connectivity index (χ1) is 10.6. The Morgan fingerprint density at radius 3 is 2.39 bits per heavy atom. The van der Waals surface area contributed by atoms with Crippen LogP contribution in [0.3, 0.4) is 0 Å². The first-order valence-electron chi connectivity index (χ1n) is 8.68. The molecule has 1 saturated carbocycles. The Hall–Kier alpha value is -1.51. The Kier molecular flexibility index (Phi) is 3.55. The highest BCUT2D eigenvalue weighted by Crippen LogP contribution is 2.58. The molecule has 0 heterocycles. The number of benzene rings is 1. The number of phenolic OH excluding ortho intramolecular Hbond substituents is 2. The fraction of sp³-hybridized carbons (Fsp3) is 0.650. The average Bonchev–Trinajstić information content (AvgIpc) is 2.40. The summed E-state index contributed by atoms with van der Waals surface area (Å²) in [5.41, 5.74) is 2.43. The van der Waals surface area contributed by atoms with Crippen molar-refractivity contribution in [1.82, 2.24) is 0 Å². The van der Waals surface area contributed by atoms with Gasteiger partial charge in [-0.15, -0.1) is 0 Å². The third-order valence-electron chi connectivity index (χ3n) is 6.26. The summed E-state index contributed by atoms with van der Waals surface area (Å²) in [7, 11) is 0. The minimum absolute atomic E-state index is 0.0159. The molecule has 0 bridgehead atoms. The standard InChI is InChI=1S/C20H28O3/c1-11(2)14-8-15-13(17(22)18(14)23)6-7-16-19(3,4)9-12(21)10-20(15,16)5/h8,11,16,22-23H,6-7,9-10H2,1-5H3/t16-,20-/m1/s1. The SMILES string of the molecule is CC(C)c1cc2c(c(O)c1O)CC[C@@H]1C(C)(C)CC(=O)C[C@]21C. The van der Waals surface area contributed by atoms with Gasteiger partial charge < -0.3 is 10.2 Å². The van der Waals surface area contributed by atoms with Crippen molar-refractivity contribution in [3.05, 3.63) is 22.8 Å². The number of phenols is 2. The lowest BCUT2D eigenvalue weighted by molar-refractivity contribution is -0.129. The number of carbonyl (C=O) groups is 1. The van der Waals surface area contributed by atoms with Crippen molar-refractivity contribution in [2.24, 2.45) is 11.3 Å². The molecule has 1 aromatic carbocycles. The van der Waals surface area contributed by atoms with Crippen LogP contribution in [-0.2, 0) is 16.6 Å². The van der Waals surface area contributed by atoms with E-state index in [1.54, 1.807) is 0 Å². The molecular weight excluding hydrogens is 288 g/mol. The van der Waals surface area contributed by atoms with Gasteiger partial charge in [0.25, 0.3) is 0 Å². The van der Waals surface area contributed by atoms with Gasteiger partial charge in [-0.2, -0.15) is 0 Å². The van der Waals surface area contributed by atoms with Crippen molar-refractivity contribution in [2.45, 2.75) is 71.6 Å². The van der Waals surface area contributed by atoms with E-state index in [0.717, 1.165) is 29.5 Å². The third kappa shape index (κ3) is 2.28. The molecular formula is C20H28O3. The molecule has 0 aliphatic heterocycles. The number of hydrogen-bond donors (Lipinski definition) is 2. The minimum atomic E-state index is -0.249. The molecule has 0 saturated heterocycles. The number of carbonyl (C=O) groups excluding carboxylic acids is 1. The molecule has 23 heavy (non-hydrogen) atoms. The molecule has 3 heteroatoms. The first-order valence-corrected chi connectivity index (χ1v) is 8.68. The lowest BCUT2D eigenvalue weighted by atomic mass is 9.50. The van der Waals surface area contributed by atoms with Gasteiger partial charge in [-0.25, -0.2) is 0 Å². The van der Waals surface area contributed by atoms with Gasteiger partial charge in [0.1, 0.15) is 5.78 Å². The van der Waals surface area contributed by atoms with Gasteiger partial charge in [-0.3, -0.25) is 4.79 Å². The summed E-state index contributed by atoms with van der Waals surface area (Å²) >= 11 is 0. The molecule has 126 valence electrons. The Bertz CT molecular complexity index is 672. The van der Waals surface area contributed by atoms with E-state index in [9.17, 15) is 15.0 Å². The number of aromatic hydroxyl groups is 2. The maximum absolute atomic E-state index is 12.4. The smallest absolute Gasteiger partial charge is 0.161 e. The Balaban J connectivity index is 2.24. The molecule has 0 spiro atoms. The second-order valence-electron chi connectivity index (χ2n) is 8.73. The van der Waals surface area contributed by atoms with Crippen molar-refractivity contribution < 1.29 is 15.0 Å². The lowest BCUT2D eigenvalue weighted by Crippen LogP contribution is -2.50. The molecule has 3 nitrogen and oxygen atoms in total. The number of ketones is 1. The van der Waals surface area contributed by atoms with E-state index in [-0.39, 0.29) is 28.2 Å². The molecule has 0 aromatic heterocycles. The van der Waals surface area contributed by atoms with E-state index in [1.807, 2.05) is 13.8 Å². The lowest BCUT2D eigenvalue weighted by Gasteiger charge is -2.53. The monoisotopic (exact) mass is 316 g/mol. The summed E-state index contributed by atoms with van der Waals surface area (Å²) in [6.07, 6.45) is 2.91. The van der Waals surface area contributed by atoms with Gasteiger partial charge in [0.05, 0.1) is 0 Å². The van der Waals surface area contributed by atoms with Crippen LogP contribution in [0, 0.1) is 11.3 Å². The topological polar surface area (TPSA) is 57.5 Å². The molecule has 1 aromatic rings. The maximum atomic E-state index is 12.4. The van der Waals surface area contributed by atoms with Crippen LogP contribution in [0.15, 0.2) is 6.07 Å². The van der Waals surface area contributed by atoms with Gasteiger partial charge in [0, 0.05) is 29.4 Å². The predicted molar refractivity (Wildman–Crippen MR) is 91.0 cm³/mol. The van der Waals surface area contributed by atoms with E-state index < -0.39 is 0 Å². The zero-order chi connectivity index (χ0) is 17.2. The zero-order valence-electron chi connectivity index (χ0n) is 14.9. The summed E-state index contributed by atoms with van der Waals surface area (Å²) < 4.78 is 0. The Labute approximate surface area is 138 Å². The van der Waals surface area contributed by atoms with Crippen LogP contribution in [0.5, 0.6) is 11.5 Å². The summed E-state index contributed by atoms with van der Waals surface area (Å²) in [6.45, 7) is 10.6. The van der Waals surface area contributed by atoms with Crippen LogP contribution in [0.25, 0.3) is 0 Å². The number of fused-ring (bicyclic) bond motifs is 3. The van der Waals surface area contributed by atoms with Crippen LogP contribution >= 0.6 is 0 Å². The van der Waals surface area contributed by atoms with Crippen molar-refractivity contribution in [3.63, 3.8) is 0 Å². The normalized spacial score (nSPS) is 29.3. The molecule has 1 fully saturated rings. The van der Waals surface area contributed by atoms with Crippen LogP contribution in [0.1, 0.15) is 76.5 Å².